The Morgan fingerprint density at radius 2 is 2.04 bits per heavy atom. The molecule has 0 fully saturated rings. The highest BCUT2D eigenvalue weighted by molar-refractivity contribution is 5.85. The van der Waals surface area contributed by atoms with Gasteiger partial charge in [0.05, 0.1) is 24.1 Å². The maximum atomic E-state index is 5.55. The summed E-state index contributed by atoms with van der Waals surface area (Å²) in [7, 11) is 3.74. The van der Waals surface area contributed by atoms with E-state index in [1.54, 1.807) is 0 Å². The van der Waals surface area contributed by atoms with Crippen LogP contribution in [0.1, 0.15) is 17.3 Å². The number of rotatable bonds is 5. The minimum Gasteiger partial charge on any atom is -0.407 e. The maximum absolute atomic E-state index is 5.55. The van der Waals surface area contributed by atoms with Gasteiger partial charge in [-0.25, -0.2) is 4.98 Å². The molecule has 7 nitrogen and oxygen atoms in total. The number of aryl methyl sites for hydroxylation is 1. The summed E-state index contributed by atoms with van der Waals surface area (Å²) in [5, 5.41) is 11.0. The van der Waals surface area contributed by atoms with E-state index in [0.29, 0.717) is 25.0 Å². The molecule has 0 amide bonds. The van der Waals surface area contributed by atoms with Crippen LogP contribution >= 0.6 is 24.8 Å². The van der Waals surface area contributed by atoms with Gasteiger partial charge in [-0.05, 0) is 31.7 Å². The van der Waals surface area contributed by atoms with Crippen molar-refractivity contribution in [1.29, 1.82) is 0 Å². The molecule has 0 aliphatic heterocycles. The summed E-state index contributed by atoms with van der Waals surface area (Å²) < 4.78 is 5.55. The number of hydrogen-bond acceptors (Lipinski definition) is 6. The molecule has 0 bridgehead atoms. The molecule has 0 aliphatic carbocycles. The summed E-state index contributed by atoms with van der Waals surface area (Å²) in [4.78, 5) is 9.75. The van der Waals surface area contributed by atoms with Gasteiger partial charge in [0.25, 0.3) is 0 Å². The van der Waals surface area contributed by atoms with Crippen LogP contribution in [0.5, 0.6) is 0 Å². The first-order valence-electron chi connectivity index (χ1n) is 6.79. The lowest BCUT2D eigenvalue weighted by atomic mass is 10.2. The molecule has 3 rings (SSSR count). The average molecular weight is 359 g/mol. The molecule has 2 N–H and O–H groups in total. The summed E-state index contributed by atoms with van der Waals surface area (Å²) in [5.74, 6) is 1.44. The molecule has 9 heteroatoms. The van der Waals surface area contributed by atoms with E-state index in [0.717, 1.165) is 16.9 Å². The molecule has 3 aromatic rings. The van der Waals surface area contributed by atoms with Crippen LogP contribution in [0.3, 0.4) is 0 Å². The number of aromatic amines is 1. The van der Waals surface area contributed by atoms with Crippen LogP contribution in [0.15, 0.2) is 22.6 Å². The highest BCUT2D eigenvalue weighted by Gasteiger charge is 2.12. The van der Waals surface area contributed by atoms with Gasteiger partial charge in [-0.3, -0.25) is 0 Å². The Bertz CT molecular complexity index is 757. The lowest BCUT2D eigenvalue weighted by molar-refractivity contribution is 0.475. The first kappa shape index (κ1) is 19.2. The fourth-order valence-corrected chi connectivity index (χ4v) is 2.17. The summed E-state index contributed by atoms with van der Waals surface area (Å²) in [5.41, 5.74) is 3.21. The minimum absolute atomic E-state index is 0. The molecular formula is C14H20Cl2N6O. The van der Waals surface area contributed by atoms with Gasteiger partial charge in [-0.2, -0.15) is 0 Å². The van der Waals surface area contributed by atoms with Crippen LogP contribution < -0.4 is 10.2 Å². The summed E-state index contributed by atoms with van der Waals surface area (Å²) in [6.45, 7) is 3.20. The Morgan fingerprint density at radius 1 is 1.26 bits per heavy atom. The van der Waals surface area contributed by atoms with Crippen molar-refractivity contribution < 1.29 is 4.42 Å². The van der Waals surface area contributed by atoms with Gasteiger partial charge in [0.1, 0.15) is 5.82 Å². The number of benzene rings is 1. The van der Waals surface area contributed by atoms with Gasteiger partial charge in [0, 0.05) is 7.05 Å². The van der Waals surface area contributed by atoms with Gasteiger partial charge in [0.15, 0.2) is 0 Å². The average Bonchev–Trinajstić information content (AvgIpc) is 3.05. The van der Waals surface area contributed by atoms with E-state index in [2.05, 4.69) is 44.5 Å². The number of halogens is 2. The third kappa shape index (κ3) is 4.34. The molecular weight excluding hydrogens is 339 g/mol. The topological polar surface area (TPSA) is 82.9 Å². The predicted molar refractivity (Wildman–Crippen MR) is 94.5 cm³/mol. The molecule has 0 saturated carbocycles. The van der Waals surface area contributed by atoms with Crippen LogP contribution in [0.2, 0.25) is 0 Å². The zero-order valence-corrected chi connectivity index (χ0v) is 14.8. The molecule has 2 heterocycles. The standard InChI is InChI=1S/C14H18N6O.2ClH/c1-9-4-5-10-11(6-9)17-12(16-10)8-20(3)14-19-18-13(21-14)7-15-2;;/h4-6,15H,7-8H2,1-3H3,(H,16,17);2*1H. The Labute approximate surface area is 146 Å². The van der Waals surface area contributed by atoms with E-state index >= 15 is 0 Å². The normalized spacial score (nSPS) is 10.2. The van der Waals surface area contributed by atoms with Gasteiger partial charge in [-0.1, -0.05) is 11.2 Å². The van der Waals surface area contributed by atoms with Crippen molar-refractivity contribution in [1.82, 2.24) is 25.5 Å². The van der Waals surface area contributed by atoms with Crippen LogP contribution in [0, 0.1) is 6.92 Å². The number of nitrogens with zero attached hydrogens (tertiary/aromatic N) is 4. The van der Waals surface area contributed by atoms with Crippen LogP contribution in [0.4, 0.5) is 6.01 Å². The van der Waals surface area contributed by atoms with Crippen molar-refractivity contribution in [2.24, 2.45) is 0 Å². The largest absolute Gasteiger partial charge is 0.407 e. The summed E-state index contributed by atoms with van der Waals surface area (Å²) in [6, 6.07) is 6.64. The van der Waals surface area contributed by atoms with E-state index in [1.165, 1.54) is 5.56 Å². The molecule has 0 atom stereocenters. The highest BCUT2D eigenvalue weighted by Crippen LogP contribution is 2.16. The zero-order valence-electron chi connectivity index (χ0n) is 13.2. The Balaban J connectivity index is 0.00000132. The molecule has 0 spiro atoms. The number of imidazole rings is 1. The minimum atomic E-state index is 0. The zero-order chi connectivity index (χ0) is 14.8. The van der Waals surface area contributed by atoms with E-state index < -0.39 is 0 Å². The quantitative estimate of drug-likeness (QED) is 0.728. The molecule has 1 aromatic carbocycles. The van der Waals surface area contributed by atoms with Gasteiger partial charge in [-0.15, -0.1) is 29.9 Å². The van der Waals surface area contributed by atoms with E-state index in [1.807, 2.05) is 25.1 Å². The molecule has 126 valence electrons. The van der Waals surface area contributed by atoms with Crippen molar-refractivity contribution in [2.75, 3.05) is 19.0 Å². The SMILES string of the molecule is CNCc1nnc(N(C)Cc2nc3ccc(C)cc3[nH]2)o1.Cl.Cl. The Hall–Kier alpha value is -1.83. The van der Waals surface area contributed by atoms with Gasteiger partial charge < -0.3 is 19.6 Å². The number of fused-ring (bicyclic) bond motifs is 1. The second-order valence-corrected chi connectivity index (χ2v) is 5.07. The van der Waals surface area contributed by atoms with Crippen LogP contribution in [-0.4, -0.2) is 34.3 Å². The summed E-state index contributed by atoms with van der Waals surface area (Å²) in [6.07, 6.45) is 0. The van der Waals surface area contributed by atoms with Gasteiger partial charge >= 0.3 is 6.01 Å². The Morgan fingerprint density at radius 3 is 2.78 bits per heavy atom. The van der Waals surface area contributed by atoms with Crippen LogP contribution in [0.25, 0.3) is 11.0 Å². The van der Waals surface area contributed by atoms with Crippen molar-refractivity contribution in [3.63, 3.8) is 0 Å². The molecule has 0 radical (unpaired) electrons. The second kappa shape index (κ2) is 8.14. The van der Waals surface area contributed by atoms with E-state index in [9.17, 15) is 0 Å². The molecule has 23 heavy (non-hydrogen) atoms. The highest BCUT2D eigenvalue weighted by atomic mass is 35.5. The molecule has 0 aliphatic rings. The Kier molecular flexibility index (Phi) is 6.80. The number of anilines is 1. The first-order valence-corrected chi connectivity index (χ1v) is 6.79. The van der Waals surface area contributed by atoms with Crippen molar-refractivity contribution >= 4 is 41.9 Å². The molecule has 0 unspecified atom stereocenters. The lowest BCUT2D eigenvalue weighted by Gasteiger charge is -2.11. The van der Waals surface area contributed by atoms with Gasteiger partial charge in [0.2, 0.25) is 5.89 Å². The predicted octanol–water partition coefficient (Wildman–Crippen LogP) is 2.45. The fourth-order valence-electron chi connectivity index (χ4n) is 2.17. The lowest BCUT2D eigenvalue weighted by Crippen LogP contribution is -2.17. The van der Waals surface area contributed by atoms with E-state index in [-0.39, 0.29) is 24.8 Å². The first-order chi connectivity index (χ1) is 10.2. The van der Waals surface area contributed by atoms with Crippen LogP contribution in [-0.2, 0) is 13.1 Å². The van der Waals surface area contributed by atoms with Crippen molar-refractivity contribution in [3.05, 3.63) is 35.5 Å². The smallest absolute Gasteiger partial charge is 0.318 e. The third-order valence-electron chi connectivity index (χ3n) is 3.18. The summed E-state index contributed by atoms with van der Waals surface area (Å²) >= 11 is 0. The van der Waals surface area contributed by atoms with Crippen molar-refractivity contribution in [3.8, 4) is 0 Å². The molecule has 2 aromatic heterocycles. The number of nitrogens with one attached hydrogen (secondary N) is 2. The molecule has 0 saturated heterocycles. The number of H-pyrrole nitrogens is 1. The third-order valence-corrected chi connectivity index (χ3v) is 3.18. The number of aromatic nitrogens is 4. The monoisotopic (exact) mass is 358 g/mol. The maximum Gasteiger partial charge on any atom is 0.318 e. The fraction of sp³-hybridized carbons (Fsp3) is 0.357. The number of hydrogen-bond donors (Lipinski definition) is 2. The van der Waals surface area contributed by atoms with Crippen molar-refractivity contribution in [2.45, 2.75) is 20.0 Å². The van der Waals surface area contributed by atoms with E-state index in [4.69, 9.17) is 4.42 Å². The second-order valence-electron chi connectivity index (χ2n) is 5.07.